The molecule has 13 heteroatoms. The Balaban J connectivity index is 1.79. The second-order valence-corrected chi connectivity index (χ2v) is 9.04. The van der Waals surface area contributed by atoms with Crippen molar-refractivity contribution in [1.82, 2.24) is 15.2 Å². The van der Waals surface area contributed by atoms with Crippen LogP contribution in [0.2, 0.25) is 0 Å². The average Bonchev–Trinajstić information content (AvgIpc) is 2.85. The molecule has 1 aromatic carbocycles. The quantitative estimate of drug-likeness (QED) is 0.398. The highest BCUT2D eigenvalue weighted by Crippen LogP contribution is 2.40. The fourth-order valence-corrected chi connectivity index (χ4v) is 4.38. The summed E-state index contributed by atoms with van der Waals surface area (Å²) in [6, 6.07) is 3.69. The summed E-state index contributed by atoms with van der Waals surface area (Å²) in [6.07, 6.45) is -4.79. The maximum absolute atomic E-state index is 15.0. The molecule has 1 saturated heterocycles. The SMILES string of the molecule is Cc1nnc(N[C@H](C)c2cccc(C(F)(F)CO)c2F)c2cc(N3CCC(O)CC3)c(C(F)(F)F)nc12. The number of nitrogens with zero attached hydrogens (tertiary/aromatic N) is 4. The summed E-state index contributed by atoms with van der Waals surface area (Å²) in [4.78, 5) is 5.37. The molecule has 1 aliphatic heterocycles. The molecular weight excluding hydrogens is 504 g/mol. The van der Waals surface area contributed by atoms with E-state index < -0.39 is 47.9 Å². The normalized spacial score (nSPS) is 16.3. The number of nitrogens with one attached hydrogen (secondary N) is 1. The zero-order chi connectivity index (χ0) is 27.1. The number of benzene rings is 1. The van der Waals surface area contributed by atoms with Gasteiger partial charge >= 0.3 is 6.18 Å². The van der Waals surface area contributed by atoms with Crippen LogP contribution in [0.4, 0.5) is 37.8 Å². The van der Waals surface area contributed by atoms with E-state index >= 15 is 0 Å². The van der Waals surface area contributed by atoms with Crippen molar-refractivity contribution >= 4 is 22.4 Å². The van der Waals surface area contributed by atoms with E-state index in [4.69, 9.17) is 5.11 Å². The lowest BCUT2D eigenvalue weighted by atomic mass is 10.00. The summed E-state index contributed by atoms with van der Waals surface area (Å²) < 4.78 is 84.9. The minimum Gasteiger partial charge on any atom is -0.393 e. The smallest absolute Gasteiger partial charge is 0.393 e. The number of hydrogen-bond acceptors (Lipinski definition) is 7. The number of aromatic nitrogens is 3. The van der Waals surface area contributed by atoms with Gasteiger partial charge in [-0.25, -0.2) is 9.37 Å². The number of fused-ring (bicyclic) bond motifs is 1. The predicted molar refractivity (Wildman–Crippen MR) is 124 cm³/mol. The second-order valence-electron chi connectivity index (χ2n) is 9.04. The first-order valence-electron chi connectivity index (χ1n) is 11.6. The molecule has 0 unspecified atom stereocenters. The summed E-state index contributed by atoms with van der Waals surface area (Å²) in [5.41, 5.74) is -2.37. The molecule has 0 spiro atoms. The first-order chi connectivity index (χ1) is 17.3. The average molecular weight is 529 g/mol. The Morgan fingerprint density at radius 2 is 1.81 bits per heavy atom. The minimum atomic E-state index is -4.77. The number of aliphatic hydroxyl groups excluding tert-OH is 2. The Labute approximate surface area is 208 Å². The van der Waals surface area contributed by atoms with Gasteiger partial charge in [-0.1, -0.05) is 12.1 Å². The van der Waals surface area contributed by atoms with Gasteiger partial charge in [-0.3, -0.25) is 0 Å². The van der Waals surface area contributed by atoms with Crippen LogP contribution < -0.4 is 10.2 Å². The van der Waals surface area contributed by atoms with E-state index in [1.807, 2.05) is 0 Å². The van der Waals surface area contributed by atoms with Crippen molar-refractivity contribution in [3.8, 4) is 0 Å². The zero-order valence-electron chi connectivity index (χ0n) is 20.0. The van der Waals surface area contributed by atoms with Crippen molar-refractivity contribution in [2.45, 2.75) is 50.9 Å². The second kappa shape index (κ2) is 9.93. The highest BCUT2D eigenvalue weighted by atomic mass is 19.4. The van der Waals surface area contributed by atoms with Gasteiger partial charge in [0.05, 0.1) is 34.6 Å². The molecule has 0 radical (unpaired) electrons. The van der Waals surface area contributed by atoms with Gasteiger partial charge in [0.1, 0.15) is 12.4 Å². The van der Waals surface area contributed by atoms with Crippen LogP contribution in [0.25, 0.3) is 10.9 Å². The molecule has 3 heterocycles. The van der Waals surface area contributed by atoms with Crippen molar-refractivity contribution in [2.75, 3.05) is 29.9 Å². The Morgan fingerprint density at radius 3 is 2.43 bits per heavy atom. The number of alkyl halides is 5. The minimum absolute atomic E-state index is 0.00802. The highest BCUT2D eigenvalue weighted by Gasteiger charge is 2.39. The van der Waals surface area contributed by atoms with Gasteiger partial charge in [0.2, 0.25) is 0 Å². The van der Waals surface area contributed by atoms with Gasteiger partial charge in [0, 0.05) is 24.0 Å². The largest absolute Gasteiger partial charge is 0.435 e. The van der Waals surface area contributed by atoms with Crippen LogP contribution in [0.5, 0.6) is 0 Å². The molecule has 37 heavy (non-hydrogen) atoms. The number of aliphatic hydroxyl groups is 2. The van der Waals surface area contributed by atoms with Gasteiger partial charge in [-0.15, -0.1) is 5.10 Å². The van der Waals surface area contributed by atoms with Crippen LogP contribution in [0, 0.1) is 12.7 Å². The predicted octanol–water partition coefficient (Wildman–Crippen LogP) is 4.71. The standard InChI is InChI=1S/C24H25F6N5O2/c1-12(15-4-3-5-17(19(15)25)23(26,27)11-36)31-22-16-10-18(35-8-6-14(37)7-9-35)21(24(28,29)30)32-20(16)13(2)33-34-22/h3-5,10,12,14,36-37H,6-9,11H2,1-2H3,(H,31,34)/t12-/m1/s1. The molecule has 0 bridgehead atoms. The fourth-order valence-electron chi connectivity index (χ4n) is 4.38. The van der Waals surface area contributed by atoms with Crippen LogP contribution in [0.3, 0.4) is 0 Å². The van der Waals surface area contributed by atoms with Crippen molar-refractivity contribution in [1.29, 1.82) is 0 Å². The van der Waals surface area contributed by atoms with E-state index in [2.05, 4.69) is 20.5 Å². The van der Waals surface area contributed by atoms with Crippen LogP contribution in [-0.4, -0.2) is 51.2 Å². The molecule has 0 saturated carbocycles. The Hall–Kier alpha value is -3.19. The van der Waals surface area contributed by atoms with E-state index in [1.54, 1.807) is 0 Å². The summed E-state index contributed by atoms with van der Waals surface area (Å²) in [5.74, 6) is -5.03. The number of piperidine rings is 1. The Bertz CT molecular complexity index is 1290. The number of anilines is 2. The molecule has 0 amide bonds. The molecule has 2 aromatic heterocycles. The number of aryl methyl sites for hydroxylation is 1. The van der Waals surface area contributed by atoms with Crippen LogP contribution in [0.15, 0.2) is 24.3 Å². The molecule has 0 aliphatic carbocycles. The van der Waals surface area contributed by atoms with E-state index in [0.717, 1.165) is 6.07 Å². The van der Waals surface area contributed by atoms with Crippen molar-refractivity contribution in [2.24, 2.45) is 0 Å². The lowest BCUT2D eigenvalue weighted by Crippen LogP contribution is -2.37. The van der Waals surface area contributed by atoms with Gasteiger partial charge in [0.15, 0.2) is 11.5 Å². The molecule has 3 N–H and O–H groups in total. The number of rotatable bonds is 6. The lowest BCUT2D eigenvalue weighted by Gasteiger charge is -2.33. The van der Waals surface area contributed by atoms with Gasteiger partial charge in [0.25, 0.3) is 5.92 Å². The first kappa shape index (κ1) is 26.9. The highest BCUT2D eigenvalue weighted by molar-refractivity contribution is 5.93. The van der Waals surface area contributed by atoms with E-state index in [9.17, 15) is 31.4 Å². The number of halogens is 6. The van der Waals surface area contributed by atoms with Gasteiger partial charge < -0.3 is 20.4 Å². The summed E-state index contributed by atoms with van der Waals surface area (Å²) >= 11 is 0. The summed E-state index contributed by atoms with van der Waals surface area (Å²) in [7, 11) is 0. The Kier molecular flexibility index (Phi) is 7.21. The molecule has 7 nitrogen and oxygen atoms in total. The number of pyridine rings is 1. The maximum Gasteiger partial charge on any atom is 0.435 e. The van der Waals surface area contributed by atoms with Crippen molar-refractivity contribution in [3.05, 3.63) is 52.6 Å². The van der Waals surface area contributed by atoms with E-state index in [1.165, 1.54) is 36.9 Å². The first-order valence-corrected chi connectivity index (χ1v) is 11.6. The fraction of sp³-hybridized carbons (Fsp3) is 0.458. The van der Waals surface area contributed by atoms with Crippen LogP contribution in [0.1, 0.15) is 48.3 Å². The Morgan fingerprint density at radius 1 is 1.14 bits per heavy atom. The third-order valence-electron chi connectivity index (χ3n) is 6.41. The topological polar surface area (TPSA) is 94.4 Å². The summed E-state index contributed by atoms with van der Waals surface area (Å²) in [6.45, 7) is 1.72. The maximum atomic E-state index is 15.0. The molecule has 1 atom stereocenters. The monoisotopic (exact) mass is 529 g/mol. The van der Waals surface area contributed by atoms with E-state index in [-0.39, 0.29) is 46.8 Å². The molecular formula is C24H25F6N5O2. The number of hydrogen-bond donors (Lipinski definition) is 3. The molecule has 1 fully saturated rings. The third-order valence-corrected chi connectivity index (χ3v) is 6.41. The molecule has 200 valence electrons. The van der Waals surface area contributed by atoms with Crippen molar-refractivity contribution in [3.63, 3.8) is 0 Å². The van der Waals surface area contributed by atoms with Gasteiger partial charge in [-0.05, 0) is 38.8 Å². The summed E-state index contributed by atoms with van der Waals surface area (Å²) in [5, 5.41) is 29.7. The lowest BCUT2D eigenvalue weighted by molar-refractivity contribution is -0.140. The van der Waals surface area contributed by atoms with Crippen LogP contribution in [-0.2, 0) is 12.1 Å². The van der Waals surface area contributed by atoms with Gasteiger partial charge in [-0.2, -0.15) is 27.1 Å². The van der Waals surface area contributed by atoms with Crippen molar-refractivity contribution < 1.29 is 36.6 Å². The molecule has 4 rings (SSSR count). The molecule has 3 aromatic rings. The molecule has 1 aliphatic rings. The van der Waals surface area contributed by atoms with Crippen LogP contribution >= 0.6 is 0 Å². The zero-order valence-corrected chi connectivity index (χ0v) is 20.0. The third kappa shape index (κ3) is 5.28. The van der Waals surface area contributed by atoms with E-state index in [0.29, 0.717) is 12.8 Å².